The van der Waals surface area contributed by atoms with Crippen LogP contribution in [0.1, 0.15) is 27.2 Å². The van der Waals surface area contributed by atoms with Crippen LogP contribution >= 0.6 is 0 Å². The molecule has 1 saturated heterocycles. The topological polar surface area (TPSA) is 72.2 Å². The van der Waals surface area contributed by atoms with Crippen LogP contribution in [0.25, 0.3) is 0 Å². The lowest BCUT2D eigenvalue weighted by atomic mass is 9.94. The predicted molar refractivity (Wildman–Crippen MR) is 58.1 cm³/mol. The highest BCUT2D eigenvalue weighted by Crippen LogP contribution is 2.21. The zero-order valence-corrected chi connectivity index (χ0v) is 9.46. The van der Waals surface area contributed by atoms with Crippen LogP contribution in [-0.2, 0) is 9.59 Å². The fourth-order valence-electron chi connectivity index (χ4n) is 1.69. The van der Waals surface area contributed by atoms with Crippen molar-refractivity contribution in [3.05, 3.63) is 11.1 Å². The minimum Gasteiger partial charge on any atom is -0.341 e. The van der Waals surface area contributed by atoms with E-state index in [9.17, 15) is 9.59 Å². The van der Waals surface area contributed by atoms with Crippen LogP contribution in [0.15, 0.2) is 11.1 Å². The van der Waals surface area contributed by atoms with Crippen LogP contribution in [-0.4, -0.2) is 24.3 Å². The lowest BCUT2D eigenvalue weighted by molar-refractivity contribution is -0.117. The molecule has 1 aliphatic heterocycles. The quantitative estimate of drug-likeness (QED) is 0.522. The number of carbonyl (C=O) groups excluding carboxylic acids is 2. The number of Topliss-reactive ketones (excluding diaryl/α,β-unsaturated/α-hetero) is 1. The zero-order valence-electron chi connectivity index (χ0n) is 9.46. The molecule has 1 aliphatic rings. The van der Waals surface area contributed by atoms with E-state index in [-0.39, 0.29) is 35.8 Å². The third-order valence-corrected chi connectivity index (χ3v) is 2.99. The number of hydrogen-bond donors (Lipinski definition) is 2. The number of rotatable bonds is 3. The predicted octanol–water partition coefficient (Wildman–Crippen LogP) is 0.375. The molecule has 0 saturated carbocycles. The Hall–Kier alpha value is -1.16. The molecule has 0 radical (unpaired) electrons. The summed E-state index contributed by atoms with van der Waals surface area (Å²) in [5, 5.41) is 2.72. The number of hydrogen-bond acceptors (Lipinski definition) is 3. The van der Waals surface area contributed by atoms with Gasteiger partial charge in [0.25, 0.3) is 5.91 Å². The van der Waals surface area contributed by atoms with Crippen LogP contribution in [0.2, 0.25) is 0 Å². The Bertz CT molecular complexity index is 321. The maximum absolute atomic E-state index is 11.9. The van der Waals surface area contributed by atoms with E-state index in [2.05, 4.69) is 5.32 Å². The molecule has 2 atom stereocenters. The average Bonchev–Trinajstić information content (AvgIpc) is 2.52. The Morgan fingerprint density at radius 2 is 2.13 bits per heavy atom. The zero-order chi connectivity index (χ0) is 11.6. The highest BCUT2D eigenvalue weighted by atomic mass is 16.2. The summed E-state index contributed by atoms with van der Waals surface area (Å²) in [5.74, 6) is -0.199. The second kappa shape index (κ2) is 4.57. The minimum absolute atomic E-state index is 0.0997. The van der Waals surface area contributed by atoms with E-state index in [1.165, 1.54) is 0 Å². The molecule has 3 N–H and O–H groups in total. The summed E-state index contributed by atoms with van der Waals surface area (Å²) in [6.45, 7) is 5.94. The summed E-state index contributed by atoms with van der Waals surface area (Å²) in [5.41, 5.74) is 6.38. The first-order valence-electron chi connectivity index (χ1n) is 5.27. The monoisotopic (exact) mass is 210 g/mol. The molecule has 4 heteroatoms. The van der Waals surface area contributed by atoms with Crippen molar-refractivity contribution in [2.45, 2.75) is 33.2 Å². The van der Waals surface area contributed by atoms with Crippen LogP contribution in [0.4, 0.5) is 0 Å². The number of amides is 1. The molecular weight excluding hydrogens is 192 g/mol. The van der Waals surface area contributed by atoms with Crippen molar-refractivity contribution >= 4 is 11.7 Å². The first-order chi connectivity index (χ1) is 7.02. The van der Waals surface area contributed by atoms with Gasteiger partial charge < -0.3 is 11.1 Å². The Morgan fingerprint density at radius 1 is 1.53 bits per heavy atom. The summed E-state index contributed by atoms with van der Waals surface area (Å²) in [6, 6.07) is -0.362. The van der Waals surface area contributed by atoms with Crippen molar-refractivity contribution in [1.29, 1.82) is 0 Å². The summed E-state index contributed by atoms with van der Waals surface area (Å²) in [4.78, 5) is 23.5. The molecule has 0 aromatic heterocycles. The molecule has 0 aromatic rings. The SMILES string of the molecule is CCC(C)C1NC(=O)/C(=C(/C)CN)C1=O. The van der Waals surface area contributed by atoms with E-state index in [0.29, 0.717) is 5.57 Å². The summed E-state index contributed by atoms with van der Waals surface area (Å²) in [6.07, 6.45) is 0.867. The first kappa shape index (κ1) is 11.9. The Balaban J connectivity index is 2.99. The molecule has 0 aliphatic carbocycles. The van der Waals surface area contributed by atoms with Gasteiger partial charge in [-0.15, -0.1) is 0 Å². The second-order valence-corrected chi connectivity index (χ2v) is 4.06. The Morgan fingerprint density at radius 3 is 2.60 bits per heavy atom. The van der Waals surface area contributed by atoms with Crippen LogP contribution in [0.3, 0.4) is 0 Å². The molecule has 2 unspecified atom stereocenters. The van der Waals surface area contributed by atoms with Crippen molar-refractivity contribution in [3.8, 4) is 0 Å². The normalized spacial score (nSPS) is 26.5. The fourth-order valence-corrected chi connectivity index (χ4v) is 1.69. The van der Waals surface area contributed by atoms with Gasteiger partial charge in [-0.2, -0.15) is 0 Å². The van der Waals surface area contributed by atoms with Crippen molar-refractivity contribution in [1.82, 2.24) is 5.32 Å². The lowest BCUT2D eigenvalue weighted by Gasteiger charge is -2.14. The smallest absolute Gasteiger partial charge is 0.255 e. The molecule has 4 nitrogen and oxygen atoms in total. The molecule has 1 fully saturated rings. The number of nitrogens with one attached hydrogen (secondary N) is 1. The van der Waals surface area contributed by atoms with Crippen molar-refractivity contribution in [3.63, 3.8) is 0 Å². The van der Waals surface area contributed by atoms with Gasteiger partial charge in [0.1, 0.15) is 0 Å². The molecule has 1 rings (SSSR count). The van der Waals surface area contributed by atoms with Gasteiger partial charge in [0.15, 0.2) is 5.78 Å². The number of carbonyl (C=O) groups is 2. The largest absolute Gasteiger partial charge is 0.341 e. The van der Waals surface area contributed by atoms with E-state index in [4.69, 9.17) is 5.73 Å². The van der Waals surface area contributed by atoms with Gasteiger partial charge in [0.05, 0.1) is 11.6 Å². The highest BCUT2D eigenvalue weighted by Gasteiger charge is 2.38. The first-order valence-corrected chi connectivity index (χ1v) is 5.27. The Labute approximate surface area is 89.9 Å². The molecule has 1 heterocycles. The highest BCUT2D eigenvalue weighted by molar-refractivity contribution is 6.27. The van der Waals surface area contributed by atoms with E-state index >= 15 is 0 Å². The van der Waals surface area contributed by atoms with Gasteiger partial charge in [0.2, 0.25) is 0 Å². The molecule has 1 amide bonds. The van der Waals surface area contributed by atoms with Crippen molar-refractivity contribution in [2.24, 2.45) is 11.7 Å². The summed E-state index contributed by atoms with van der Waals surface area (Å²) in [7, 11) is 0. The van der Waals surface area contributed by atoms with Gasteiger partial charge in [-0.3, -0.25) is 9.59 Å². The standard InChI is InChI=1S/C11H18N2O2/c1-4-6(2)9-10(14)8(7(3)5-12)11(15)13-9/h6,9H,4-5,12H2,1-3H3,(H,13,15)/b8-7-. The van der Waals surface area contributed by atoms with E-state index in [0.717, 1.165) is 6.42 Å². The van der Waals surface area contributed by atoms with Gasteiger partial charge in [-0.05, 0) is 18.4 Å². The maximum atomic E-state index is 11.9. The number of nitrogens with two attached hydrogens (primary N) is 1. The van der Waals surface area contributed by atoms with E-state index in [1.54, 1.807) is 6.92 Å². The Kier molecular flexibility index (Phi) is 3.63. The summed E-state index contributed by atoms with van der Waals surface area (Å²) < 4.78 is 0. The van der Waals surface area contributed by atoms with Crippen molar-refractivity contribution in [2.75, 3.05) is 6.54 Å². The average molecular weight is 210 g/mol. The molecule has 84 valence electrons. The molecule has 0 aromatic carbocycles. The van der Waals surface area contributed by atoms with Crippen LogP contribution < -0.4 is 11.1 Å². The lowest BCUT2D eigenvalue weighted by Crippen LogP contribution is -2.35. The van der Waals surface area contributed by atoms with Gasteiger partial charge in [-0.1, -0.05) is 20.3 Å². The molecule has 0 bridgehead atoms. The fraction of sp³-hybridized carbons (Fsp3) is 0.636. The minimum atomic E-state index is -0.362. The maximum Gasteiger partial charge on any atom is 0.255 e. The molecule has 15 heavy (non-hydrogen) atoms. The third-order valence-electron chi connectivity index (χ3n) is 2.99. The number of ketones is 1. The van der Waals surface area contributed by atoms with E-state index in [1.807, 2.05) is 13.8 Å². The third kappa shape index (κ3) is 2.09. The van der Waals surface area contributed by atoms with Crippen molar-refractivity contribution < 1.29 is 9.59 Å². The van der Waals surface area contributed by atoms with Gasteiger partial charge in [-0.25, -0.2) is 0 Å². The van der Waals surface area contributed by atoms with E-state index < -0.39 is 0 Å². The molecular formula is C11H18N2O2. The second-order valence-electron chi connectivity index (χ2n) is 4.06. The molecule has 0 spiro atoms. The van der Waals surface area contributed by atoms with Gasteiger partial charge >= 0.3 is 0 Å². The summed E-state index contributed by atoms with van der Waals surface area (Å²) >= 11 is 0. The van der Waals surface area contributed by atoms with Gasteiger partial charge in [0, 0.05) is 6.54 Å². The van der Waals surface area contributed by atoms with Crippen LogP contribution in [0, 0.1) is 5.92 Å². The van der Waals surface area contributed by atoms with Crippen LogP contribution in [0.5, 0.6) is 0 Å².